The fourth-order valence-corrected chi connectivity index (χ4v) is 9.43. The highest BCUT2D eigenvalue weighted by Crippen LogP contribution is 2.70. The van der Waals surface area contributed by atoms with Crippen molar-refractivity contribution in [3.05, 3.63) is 23.8 Å². The van der Waals surface area contributed by atoms with E-state index in [0.717, 1.165) is 11.8 Å². The molecule has 9 atom stereocenters. The summed E-state index contributed by atoms with van der Waals surface area (Å²) in [5, 5.41) is 25.6. The zero-order chi connectivity index (χ0) is 28.1. The van der Waals surface area contributed by atoms with Gasteiger partial charge in [-0.05, 0) is 75.0 Å². The molecule has 0 saturated heterocycles. The Morgan fingerprint density at radius 1 is 1.32 bits per heavy atom. The molecule has 2 unspecified atom stereocenters. The Hall–Kier alpha value is -1.49. The number of alkyl halides is 1. The first-order valence-corrected chi connectivity index (χ1v) is 15.6. The summed E-state index contributed by atoms with van der Waals surface area (Å²) in [7, 11) is 0. The van der Waals surface area contributed by atoms with Crippen LogP contribution >= 0.6 is 23.5 Å². The largest absolute Gasteiger partial charge is 0.390 e. The standard InChI is InChI=1S/C28H38FNO6S2/c1-16-11-20-19-6-5-17-12-18(32)7-9-25(17,2)27(19,29)22(33)13-26(20,3)28(16,36)23(34)14-38-24(35)21(30-15-31)8-10-37-4/h7,9,12,15-16,19-22,33,36H,5-6,8,10-11,13-14H2,1-4H3,(H,30,31)/t16-,19-,20-,21?,22-,25-,26-,27?,28-/m0/s1. The first kappa shape index (κ1) is 29.5. The van der Waals surface area contributed by atoms with Crippen LogP contribution in [0.1, 0.15) is 52.9 Å². The normalized spacial score (nSPS) is 42.4. The van der Waals surface area contributed by atoms with E-state index in [9.17, 15) is 29.4 Å². The number of aliphatic hydroxyl groups excluding tert-OH is 1. The molecule has 3 fully saturated rings. The van der Waals surface area contributed by atoms with Gasteiger partial charge in [0.2, 0.25) is 11.5 Å². The van der Waals surface area contributed by atoms with Crippen molar-refractivity contribution in [3.8, 4) is 0 Å². The number of carbonyl (C=O) groups is 4. The molecule has 4 rings (SSSR count). The van der Waals surface area contributed by atoms with Gasteiger partial charge in [-0.2, -0.15) is 11.8 Å². The van der Waals surface area contributed by atoms with Crippen LogP contribution < -0.4 is 5.32 Å². The minimum Gasteiger partial charge on any atom is -0.390 e. The number of Topliss-reactive ketones (excluding diaryl/α,β-unsaturated/α-hetero) is 1. The predicted octanol–water partition coefficient (Wildman–Crippen LogP) is 3.03. The molecule has 0 aromatic rings. The lowest BCUT2D eigenvalue weighted by molar-refractivity contribution is -0.218. The maximum absolute atomic E-state index is 17.3. The number of carbonyl (C=O) groups excluding carboxylic acids is 4. The van der Waals surface area contributed by atoms with Crippen LogP contribution in [0, 0.1) is 28.6 Å². The Morgan fingerprint density at radius 3 is 2.68 bits per heavy atom. The number of thioether (sulfide) groups is 2. The summed E-state index contributed by atoms with van der Waals surface area (Å²) in [4.78, 5) is 49.4. The van der Waals surface area contributed by atoms with Crippen LogP contribution in [0.25, 0.3) is 0 Å². The van der Waals surface area contributed by atoms with E-state index in [4.69, 9.17) is 0 Å². The number of hydrogen-bond acceptors (Lipinski definition) is 8. The van der Waals surface area contributed by atoms with E-state index in [2.05, 4.69) is 5.32 Å². The van der Waals surface area contributed by atoms with Gasteiger partial charge in [0.15, 0.2) is 17.2 Å². The molecule has 0 spiro atoms. The molecule has 1 amide bonds. The summed E-state index contributed by atoms with van der Waals surface area (Å²) in [5.74, 6) is -1.77. The number of nitrogens with one attached hydrogen (secondary N) is 1. The highest BCUT2D eigenvalue weighted by molar-refractivity contribution is 8.14. The second kappa shape index (κ2) is 10.5. The topological polar surface area (TPSA) is 121 Å². The lowest BCUT2D eigenvalue weighted by Gasteiger charge is -2.62. The van der Waals surface area contributed by atoms with Gasteiger partial charge in [-0.1, -0.05) is 37.3 Å². The van der Waals surface area contributed by atoms with E-state index in [0.29, 0.717) is 43.4 Å². The van der Waals surface area contributed by atoms with Crippen molar-refractivity contribution < 1.29 is 33.8 Å². The number of rotatable bonds is 9. The van der Waals surface area contributed by atoms with Gasteiger partial charge in [-0.25, -0.2) is 4.39 Å². The molecule has 3 N–H and O–H groups in total. The number of halogens is 1. The van der Waals surface area contributed by atoms with Gasteiger partial charge < -0.3 is 15.5 Å². The fraction of sp³-hybridized carbons (Fsp3) is 0.714. The first-order chi connectivity index (χ1) is 17.8. The number of hydrogen-bond donors (Lipinski definition) is 3. The van der Waals surface area contributed by atoms with Gasteiger partial charge >= 0.3 is 0 Å². The molecule has 0 aromatic carbocycles. The summed E-state index contributed by atoms with van der Waals surface area (Å²) >= 11 is 2.32. The van der Waals surface area contributed by atoms with E-state index in [1.165, 1.54) is 12.2 Å². The fourth-order valence-electron chi connectivity index (χ4n) is 8.07. The van der Waals surface area contributed by atoms with Crippen molar-refractivity contribution in [1.29, 1.82) is 0 Å². The molecule has 10 heteroatoms. The third-order valence-electron chi connectivity index (χ3n) is 10.2. The number of amides is 1. The van der Waals surface area contributed by atoms with Crippen molar-refractivity contribution in [2.24, 2.45) is 28.6 Å². The predicted molar refractivity (Wildman–Crippen MR) is 146 cm³/mol. The number of fused-ring (bicyclic) bond motifs is 5. The zero-order valence-electron chi connectivity index (χ0n) is 22.4. The van der Waals surface area contributed by atoms with Crippen LogP contribution in [0.3, 0.4) is 0 Å². The van der Waals surface area contributed by atoms with Gasteiger partial charge in [0.1, 0.15) is 5.60 Å². The maximum Gasteiger partial charge on any atom is 0.211 e. The van der Waals surface area contributed by atoms with Crippen molar-refractivity contribution in [2.45, 2.75) is 76.3 Å². The molecule has 0 radical (unpaired) electrons. The van der Waals surface area contributed by atoms with E-state index >= 15 is 4.39 Å². The molecule has 4 aliphatic rings. The summed E-state index contributed by atoms with van der Waals surface area (Å²) in [6.07, 6.45) is 7.01. The molecule has 0 bridgehead atoms. The van der Waals surface area contributed by atoms with E-state index in [-0.39, 0.29) is 29.0 Å². The maximum atomic E-state index is 17.3. The Balaban J connectivity index is 1.59. The quantitative estimate of drug-likeness (QED) is 0.364. The van der Waals surface area contributed by atoms with Crippen LogP contribution in [0.2, 0.25) is 0 Å². The minimum absolute atomic E-state index is 0.108. The number of allylic oxidation sites excluding steroid dienone is 4. The Kier molecular flexibility index (Phi) is 8.14. The van der Waals surface area contributed by atoms with E-state index in [1.807, 2.05) is 6.26 Å². The monoisotopic (exact) mass is 567 g/mol. The average Bonchev–Trinajstić information content (AvgIpc) is 3.07. The second-order valence-corrected chi connectivity index (χ2v) is 13.8. The molecule has 3 saturated carbocycles. The highest BCUT2D eigenvalue weighted by Gasteiger charge is 2.75. The van der Waals surface area contributed by atoms with Crippen molar-refractivity contribution in [2.75, 3.05) is 17.8 Å². The minimum atomic E-state index is -2.04. The first-order valence-electron chi connectivity index (χ1n) is 13.2. The van der Waals surface area contributed by atoms with Gasteiger partial charge in [0, 0.05) is 16.7 Å². The molecule has 0 heterocycles. The molecule has 210 valence electrons. The molecular weight excluding hydrogens is 529 g/mol. The second-order valence-electron chi connectivity index (χ2n) is 11.8. The summed E-state index contributed by atoms with van der Waals surface area (Å²) in [6, 6.07) is -0.721. The van der Waals surface area contributed by atoms with Crippen molar-refractivity contribution in [1.82, 2.24) is 5.32 Å². The molecule has 38 heavy (non-hydrogen) atoms. The van der Waals surface area contributed by atoms with Gasteiger partial charge in [-0.15, -0.1) is 0 Å². The van der Waals surface area contributed by atoms with Gasteiger partial charge in [0.05, 0.1) is 17.9 Å². The van der Waals surface area contributed by atoms with Crippen LogP contribution in [0.5, 0.6) is 0 Å². The third kappa shape index (κ3) is 4.16. The van der Waals surface area contributed by atoms with E-state index in [1.54, 1.807) is 38.6 Å². The molecule has 7 nitrogen and oxygen atoms in total. The van der Waals surface area contributed by atoms with Crippen LogP contribution in [0.4, 0.5) is 4.39 Å². The smallest absolute Gasteiger partial charge is 0.211 e. The van der Waals surface area contributed by atoms with Crippen LogP contribution in [0.15, 0.2) is 23.8 Å². The average molecular weight is 568 g/mol. The Labute approximate surface area is 231 Å². The summed E-state index contributed by atoms with van der Waals surface area (Å²) < 4.78 is 17.3. The number of ketones is 2. The SMILES string of the molecule is CSCCC(NC=O)C(=O)SCC(=O)[C@@]1(O)[C@@H](C)C[C@H]2[C@@H]3CCC4=CC(=O)C=C[C@]4(C)C3(F)[C@@H](O)C[C@@]21C. The summed E-state index contributed by atoms with van der Waals surface area (Å²) in [5.41, 5.74) is -5.42. The van der Waals surface area contributed by atoms with Crippen LogP contribution in [-0.2, 0) is 19.2 Å². The van der Waals surface area contributed by atoms with Crippen LogP contribution in [-0.4, -0.2) is 74.5 Å². The van der Waals surface area contributed by atoms with Crippen molar-refractivity contribution in [3.63, 3.8) is 0 Å². The van der Waals surface area contributed by atoms with Crippen molar-refractivity contribution >= 4 is 46.6 Å². The highest BCUT2D eigenvalue weighted by atomic mass is 32.2. The van der Waals surface area contributed by atoms with Gasteiger partial charge in [0.25, 0.3) is 0 Å². The molecule has 4 aliphatic carbocycles. The molecule has 0 aliphatic heterocycles. The number of aliphatic hydroxyl groups is 2. The summed E-state index contributed by atoms with van der Waals surface area (Å²) in [6.45, 7) is 5.29. The Bertz CT molecular complexity index is 1080. The zero-order valence-corrected chi connectivity index (χ0v) is 24.0. The van der Waals surface area contributed by atoms with E-state index < -0.39 is 51.9 Å². The lowest BCUT2D eigenvalue weighted by Crippen LogP contribution is -2.69. The Morgan fingerprint density at radius 2 is 2.03 bits per heavy atom. The van der Waals surface area contributed by atoms with Gasteiger partial charge in [-0.3, -0.25) is 19.2 Å². The lowest BCUT2D eigenvalue weighted by atomic mass is 9.44. The molecule has 0 aromatic heterocycles. The third-order valence-corrected chi connectivity index (χ3v) is 11.8. The molecular formula is C28H38FNO6S2.